The molecule has 0 radical (unpaired) electrons. The van der Waals surface area contributed by atoms with Crippen LogP contribution in [0, 0.1) is 0 Å². The average Bonchev–Trinajstić information content (AvgIpc) is 2.74. The molecule has 1 N–H and O–H groups in total. The summed E-state index contributed by atoms with van der Waals surface area (Å²) in [5, 5.41) is 3.17. The molecular formula is C24H33N3O. The molecule has 2 aromatic carbocycles. The predicted molar refractivity (Wildman–Crippen MR) is 115 cm³/mol. The minimum atomic E-state index is -0.549. The molecule has 4 heteroatoms. The van der Waals surface area contributed by atoms with Crippen molar-refractivity contribution in [2.45, 2.75) is 39.3 Å². The summed E-state index contributed by atoms with van der Waals surface area (Å²) in [4.78, 5) is 17.9. The second-order valence-electron chi connectivity index (χ2n) is 8.15. The average molecular weight is 380 g/mol. The van der Waals surface area contributed by atoms with E-state index in [-0.39, 0.29) is 5.91 Å². The lowest BCUT2D eigenvalue weighted by molar-refractivity contribution is -0.125. The van der Waals surface area contributed by atoms with Crippen LogP contribution < -0.4 is 5.32 Å². The Labute approximate surface area is 169 Å². The van der Waals surface area contributed by atoms with Gasteiger partial charge in [0.25, 0.3) is 0 Å². The van der Waals surface area contributed by atoms with Crippen molar-refractivity contribution in [1.82, 2.24) is 15.1 Å². The largest absolute Gasteiger partial charge is 0.351 e. The highest BCUT2D eigenvalue weighted by molar-refractivity contribution is 5.87. The van der Waals surface area contributed by atoms with Crippen molar-refractivity contribution in [1.29, 1.82) is 0 Å². The molecule has 0 atom stereocenters. The maximum Gasteiger partial charge on any atom is 0.230 e. The molecule has 1 fully saturated rings. The summed E-state index contributed by atoms with van der Waals surface area (Å²) < 4.78 is 0. The third-order valence-electron chi connectivity index (χ3n) is 5.93. The molecule has 2 aromatic rings. The highest BCUT2D eigenvalue weighted by Crippen LogP contribution is 2.23. The quantitative estimate of drug-likeness (QED) is 0.801. The Morgan fingerprint density at radius 1 is 0.893 bits per heavy atom. The van der Waals surface area contributed by atoms with Gasteiger partial charge in [-0.25, -0.2) is 0 Å². The standard InChI is InChI=1S/C24H33N3O/c1-4-26-14-16-27(17-15-26)19-21-11-9-8-10-20(21)18-25-23(28)24(2,3)22-12-6-5-7-13-22/h5-13H,4,14-19H2,1-3H3,(H,25,28). The van der Waals surface area contributed by atoms with Crippen molar-refractivity contribution in [3.8, 4) is 0 Å². The molecule has 0 bridgehead atoms. The molecule has 150 valence electrons. The van der Waals surface area contributed by atoms with Crippen molar-refractivity contribution in [2.24, 2.45) is 0 Å². The number of nitrogens with one attached hydrogen (secondary N) is 1. The number of hydrogen-bond acceptors (Lipinski definition) is 3. The number of rotatable bonds is 7. The Kier molecular flexibility index (Phi) is 6.87. The van der Waals surface area contributed by atoms with Gasteiger partial charge in [-0.15, -0.1) is 0 Å². The summed E-state index contributed by atoms with van der Waals surface area (Å²) in [5.41, 5.74) is 3.00. The topological polar surface area (TPSA) is 35.6 Å². The lowest BCUT2D eigenvalue weighted by atomic mass is 9.83. The number of hydrogen-bond donors (Lipinski definition) is 1. The molecular weight excluding hydrogens is 346 g/mol. The fraction of sp³-hybridized carbons (Fsp3) is 0.458. The van der Waals surface area contributed by atoms with Crippen LogP contribution in [0.4, 0.5) is 0 Å². The summed E-state index contributed by atoms with van der Waals surface area (Å²) >= 11 is 0. The Balaban J connectivity index is 1.61. The minimum Gasteiger partial charge on any atom is -0.351 e. The van der Waals surface area contributed by atoms with E-state index < -0.39 is 5.41 Å². The molecule has 1 saturated heterocycles. The van der Waals surface area contributed by atoms with Crippen LogP contribution in [-0.4, -0.2) is 48.4 Å². The molecule has 3 rings (SSSR count). The molecule has 0 aliphatic carbocycles. The molecule has 1 aliphatic rings. The Morgan fingerprint density at radius 3 is 2.11 bits per heavy atom. The highest BCUT2D eigenvalue weighted by atomic mass is 16.2. The summed E-state index contributed by atoms with van der Waals surface area (Å²) in [6.07, 6.45) is 0. The van der Waals surface area contributed by atoms with Crippen molar-refractivity contribution < 1.29 is 4.79 Å². The fourth-order valence-corrected chi connectivity index (χ4v) is 3.77. The van der Waals surface area contributed by atoms with E-state index in [0.717, 1.165) is 44.8 Å². The van der Waals surface area contributed by atoms with Gasteiger partial charge in [-0.3, -0.25) is 9.69 Å². The van der Waals surface area contributed by atoms with E-state index in [1.165, 1.54) is 11.1 Å². The van der Waals surface area contributed by atoms with Crippen LogP contribution >= 0.6 is 0 Å². The zero-order valence-corrected chi connectivity index (χ0v) is 17.4. The van der Waals surface area contributed by atoms with Gasteiger partial charge in [-0.2, -0.15) is 0 Å². The first-order valence-corrected chi connectivity index (χ1v) is 10.4. The first kappa shape index (κ1) is 20.6. The fourth-order valence-electron chi connectivity index (χ4n) is 3.77. The predicted octanol–water partition coefficient (Wildman–Crippen LogP) is 3.42. The molecule has 4 nitrogen and oxygen atoms in total. The Bertz CT molecular complexity index is 764. The molecule has 0 saturated carbocycles. The molecule has 0 aromatic heterocycles. The number of benzene rings is 2. The van der Waals surface area contributed by atoms with Crippen LogP contribution in [0.3, 0.4) is 0 Å². The number of amides is 1. The van der Waals surface area contributed by atoms with Crippen LogP contribution in [0.25, 0.3) is 0 Å². The van der Waals surface area contributed by atoms with E-state index in [4.69, 9.17) is 0 Å². The van der Waals surface area contributed by atoms with Crippen LogP contribution in [0.2, 0.25) is 0 Å². The van der Waals surface area contributed by atoms with Gasteiger partial charge in [0.2, 0.25) is 5.91 Å². The number of carbonyl (C=O) groups excluding carboxylic acids is 1. The van der Waals surface area contributed by atoms with E-state index >= 15 is 0 Å². The summed E-state index contributed by atoms with van der Waals surface area (Å²) in [6, 6.07) is 18.5. The van der Waals surface area contributed by atoms with Crippen molar-refractivity contribution in [2.75, 3.05) is 32.7 Å². The molecule has 0 unspecified atom stereocenters. The highest BCUT2D eigenvalue weighted by Gasteiger charge is 2.29. The zero-order chi connectivity index (χ0) is 20.0. The van der Waals surface area contributed by atoms with E-state index in [1.54, 1.807) is 0 Å². The van der Waals surface area contributed by atoms with Crippen molar-refractivity contribution >= 4 is 5.91 Å². The van der Waals surface area contributed by atoms with Gasteiger partial charge >= 0.3 is 0 Å². The van der Waals surface area contributed by atoms with E-state index in [2.05, 4.69) is 46.3 Å². The SMILES string of the molecule is CCN1CCN(Cc2ccccc2CNC(=O)C(C)(C)c2ccccc2)CC1. The first-order chi connectivity index (χ1) is 13.5. The number of likely N-dealkylation sites (N-methyl/N-ethyl adjacent to an activating group) is 1. The van der Waals surface area contributed by atoms with E-state index in [0.29, 0.717) is 6.54 Å². The number of carbonyl (C=O) groups is 1. The maximum atomic E-state index is 12.9. The third-order valence-corrected chi connectivity index (χ3v) is 5.93. The summed E-state index contributed by atoms with van der Waals surface area (Å²) in [5.74, 6) is 0.0602. The second-order valence-corrected chi connectivity index (χ2v) is 8.15. The van der Waals surface area contributed by atoms with Gasteiger partial charge in [-0.1, -0.05) is 61.5 Å². The second kappa shape index (κ2) is 9.35. The Hall–Kier alpha value is -2.17. The van der Waals surface area contributed by atoms with Crippen LogP contribution in [-0.2, 0) is 23.3 Å². The normalized spacial score (nSPS) is 16.1. The maximum absolute atomic E-state index is 12.9. The molecule has 1 heterocycles. The summed E-state index contributed by atoms with van der Waals surface area (Å²) in [7, 11) is 0. The van der Waals surface area contributed by atoms with Gasteiger partial charge in [0.1, 0.15) is 0 Å². The monoisotopic (exact) mass is 379 g/mol. The van der Waals surface area contributed by atoms with Crippen LogP contribution in [0.5, 0.6) is 0 Å². The Morgan fingerprint density at radius 2 is 1.46 bits per heavy atom. The molecule has 0 spiro atoms. The number of piperazine rings is 1. The van der Waals surface area contributed by atoms with Gasteiger partial charge in [0.05, 0.1) is 5.41 Å². The van der Waals surface area contributed by atoms with Crippen molar-refractivity contribution in [3.05, 3.63) is 71.3 Å². The van der Waals surface area contributed by atoms with Gasteiger partial charge < -0.3 is 10.2 Å². The summed E-state index contributed by atoms with van der Waals surface area (Å²) in [6.45, 7) is 13.3. The van der Waals surface area contributed by atoms with E-state index in [9.17, 15) is 4.79 Å². The van der Waals surface area contributed by atoms with E-state index in [1.807, 2.05) is 44.2 Å². The van der Waals surface area contributed by atoms with Gasteiger partial charge in [0.15, 0.2) is 0 Å². The van der Waals surface area contributed by atoms with Gasteiger partial charge in [0, 0.05) is 39.3 Å². The minimum absolute atomic E-state index is 0.0602. The van der Waals surface area contributed by atoms with Gasteiger partial charge in [-0.05, 0) is 37.1 Å². The zero-order valence-electron chi connectivity index (χ0n) is 17.4. The molecule has 1 amide bonds. The lowest BCUT2D eigenvalue weighted by Crippen LogP contribution is -2.45. The lowest BCUT2D eigenvalue weighted by Gasteiger charge is -2.34. The number of nitrogens with zero attached hydrogens (tertiary/aromatic N) is 2. The van der Waals surface area contributed by atoms with Crippen LogP contribution in [0.15, 0.2) is 54.6 Å². The molecule has 1 aliphatic heterocycles. The van der Waals surface area contributed by atoms with Crippen LogP contribution in [0.1, 0.15) is 37.5 Å². The molecule has 28 heavy (non-hydrogen) atoms. The van der Waals surface area contributed by atoms with Crippen molar-refractivity contribution in [3.63, 3.8) is 0 Å². The smallest absolute Gasteiger partial charge is 0.230 e. The first-order valence-electron chi connectivity index (χ1n) is 10.4. The third kappa shape index (κ3) is 5.00.